The second-order valence-corrected chi connectivity index (χ2v) is 3.93. The van der Waals surface area contributed by atoms with Crippen molar-refractivity contribution in [2.45, 2.75) is 58.0 Å². The van der Waals surface area contributed by atoms with Crippen molar-refractivity contribution < 1.29 is 0 Å². The molecule has 0 heterocycles. The highest BCUT2D eigenvalue weighted by molar-refractivity contribution is 4.91. The second-order valence-electron chi connectivity index (χ2n) is 3.93. The van der Waals surface area contributed by atoms with E-state index in [2.05, 4.69) is 17.9 Å². The molecule has 0 aromatic rings. The fraction of sp³-hybridized carbons (Fsp3) is 0.909. The van der Waals surface area contributed by atoms with Crippen LogP contribution in [0.25, 0.3) is 0 Å². The van der Waals surface area contributed by atoms with Gasteiger partial charge in [0.15, 0.2) is 0 Å². The molecule has 1 aliphatic rings. The van der Waals surface area contributed by atoms with Crippen molar-refractivity contribution >= 4 is 0 Å². The number of hydrogen-bond acceptors (Lipinski definition) is 2. The van der Waals surface area contributed by atoms with Gasteiger partial charge in [-0.15, -0.1) is 0 Å². The number of hydrogen-bond donors (Lipinski definition) is 0. The molecule has 1 rings (SSSR count). The number of nitriles is 1. The molecule has 0 bridgehead atoms. The monoisotopic (exact) mass is 180 g/mol. The van der Waals surface area contributed by atoms with Crippen LogP contribution in [-0.4, -0.2) is 23.5 Å². The summed E-state index contributed by atoms with van der Waals surface area (Å²) in [7, 11) is 0. The third kappa shape index (κ3) is 2.70. The minimum Gasteiger partial charge on any atom is -0.286 e. The van der Waals surface area contributed by atoms with E-state index in [1.54, 1.807) is 0 Å². The zero-order valence-corrected chi connectivity index (χ0v) is 8.79. The van der Waals surface area contributed by atoms with E-state index in [-0.39, 0.29) is 6.04 Å². The van der Waals surface area contributed by atoms with Crippen molar-refractivity contribution in [1.82, 2.24) is 4.90 Å². The highest BCUT2D eigenvalue weighted by Crippen LogP contribution is 2.23. The summed E-state index contributed by atoms with van der Waals surface area (Å²) in [6.07, 6.45) is 6.66. The van der Waals surface area contributed by atoms with Crippen molar-refractivity contribution in [3.63, 3.8) is 0 Å². The van der Waals surface area contributed by atoms with Gasteiger partial charge in [-0.1, -0.05) is 26.2 Å². The van der Waals surface area contributed by atoms with Crippen LogP contribution in [0.2, 0.25) is 0 Å². The van der Waals surface area contributed by atoms with Crippen LogP contribution in [0.5, 0.6) is 0 Å². The largest absolute Gasteiger partial charge is 0.286 e. The minimum atomic E-state index is 0.0908. The molecule has 0 N–H and O–H groups in total. The Bertz CT molecular complexity index is 177. The summed E-state index contributed by atoms with van der Waals surface area (Å²) >= 11 is 0. The smallest absolute Gasteiger partial charge is 0.0951 e. The Morgan fingerprint density at radius 1 is 1.38 bits per heavy atom. The van der Waals surface area contributed by atoms with E-state index in [4.69, 9.17) is 5.26 Å². The zero-order valence-electron chi connectivity index (χ0n) is 8.79. The molecule has 2 heteroatoms. The molecule has 0 aromatic heterocycles. The topological polar surface area (TPSA) is 27.0 Å². The van der Waals surface area contributed by atoms with Crippen molar-refractivity contribution in [2.75, 3.05) is 6.54 Å². The van der Waals surface area contributed by atoms with E-state index >= 15 is 0 Å². The van der Waals surface area contributed by atoms with Gasteiger partial charge in [-0.05, 0) is 26.3 Å². The molecule has 0 aliphatic heterocycles. The molecule has 0 saturated heterocycles. The third-order valence-electron chi connectivity index (χ3n) is 3.09. The van der Waals surface area contributed by atoms with Crippen LogP contribution in [0, 0.1) is 11.3 Å². The van der Waals surface area contributed by atoms with Gasteiger partial charge in [0.05, 0.1) is 12.1 Å². The Labute approximate surface area is 81.5 Å². The lowest BCUT2D eigenvalue weighted by molar-refractivity contribution is 0.144. The summed E-state index contributed by atoms with van der Waals surface area (Å²) in [6.45, 7) is 5.18. The fourth-order valence-electron chi connectivity index (χ4n) is 2.34. The van der Waals surface area contributed by atoms with Gasteiger partial charge < -0.3 is 0 Å². The van der Waals surface area contributed by atoms with Crippen LogP contribution >= 0.6 is 0 Å². The maximum absolute atomic E-state index is 8.88. The molecule has 2 nitrogen and oxygen atoms in total. The van der Waals surface area contributed by atoms with Crippen LogP contribution in [0.15, 0.2) is 0 Å². The van der Waals surface area contributed by atoms with Gasteiger partial charge in [0.1, 0.15) is 0 Å². The average molecular weight is 180 g/mol. The van der Waals surface area contributed by atoms with E-state index < -0.39 is 0 Å². The molecule has 1 aliphatic carbocycles. The maximum atomic E-state index is 8.88. The van der Waals surface area contributed by atoms with E-state index in [9.17, 15) is 0 Å². The maximum Gasteiger partial charge on any atom is 0.0951 e. The summed E-state index contributed by atoms with van der Waals surface area (Å²) in [5.74, 6) is 0. The number of rotatable bonds is 3. The molecule has 1 fully saturated rings. The predicted octanol–water partition coefficient (Wildman–Crippen LogP) is 2.55. The van der Waals surface area contributed by atoms with Crippen molar-refractivity contribution in [3.05, 3.63) is 0 Å². The molecule has 0 radical (unpaired) electrons. The van der Waals surface area contributed by atoms with Gasteiger partial charge in [0.2, 0.25) is 0 Å². The first kappa shape index (κ1) is 10.5. The molecule has 1 atom stereocenters. The molecular formula is C11H20N2. The van der Waals surface area contributed by atoms with Gasteiger partial charge >= 0.3 is 0 Å². The van der Waals surface area contributed by atoms with Crippen LogP contribution in [-0.2, 0) is 0 Å². The predicted molar refractivity (Wildman–Crippen MR) is 54.3 cm³/mol. The molecule has 74 valence electrons. The molecule has 0 aromatic carbocycles. The lowest BCUT2D eigenvalue weighted by atomic mass is 9.93. The van der Waals surface area contributed by atoms with Gasteiger partial charge in [0.25, 0.3) is 0 Å². The van der Waals surface area contributed by atoms with Gasteiger partial charge in [-0.25, -0.2) is 0 Å². The SMILES string of the molecule is CCN(C(C)C#N)C1CCCCC1. The van der Waals surface area contributed by atoms with Crippen molar-refractivity contribution in [3.8, 4) is 6.07 Å². The summed E-state index contributed by atoms with van der Waals surface area (Å²) in [6, 6.07) is 3.10. The third-order valence-corrected chi connectivity index (χ3v) is 3.09. The van der Waals surface area contributed by atoms with Crippen LogP contribution in [0.3, 0.4) is 0 Å². The molecule has 1 saturated carbocycles. The van der Waals surface area contributed by atoms with E-state index in [0.29, 0.717) is 6.04 Å². The summed E-state index contributed by atoms with van der Waals surface area (Å²) < 4.78 is 0. The Hall–Kier alpha value is -0.550. The molecule has 0 amide bonds. The van der Waals surface area contributed by atoms with Gasteiger partial charge in [-0.2, -0.15) is 5.26 Å². The molecule has 0 spiro atoms. The first-order chi connectivity index (χ1) is 6.29. The highest BCUT2D eigenvalue weighted by Gasteiger charge is 2.23. The molecule has 13 heavy (non-hydrogen) atoms. The lowest BCUT2D eigenvalue weighted by Crippen LogP contribution is -2.42. The highest BCUT2D eigenvalue weighted by atomic mass is 15.2. The van der Waals surface area contributed by atoms with Crippen LogP contribution < -0.4 is 0 Å². The molecule has 1 unspecified atom stereocenters. The van der Waals surface area contributed by atoms with Crippen LogP contribution in [0.1, 0.15) is 46.0 Å². The summed E-state index contributed by atoms with van der Waals surface area (Å²) in [5.41, 5.74) is 0. The Balaban J connectivity index is 2.49. The first-order valence-electron chi connectivity index (χ1n) is 5.45. The fourth-order valence-corrected chi connectivity index (χ4v) is 2.34. The van der Waals surface area contributed by atoms with Gasteiger partial charge in [-0.3, -0.25) is 4.90 Å². The Morgan fingerprint density at radius 2 is 2.00 bits per heavy atom. The normalized spacial score (nSPS) is 21.4. The quantitative estimate of drug-likeness (QED) is 0.667. The van der Waals surface area contributed by atoms with Crippen LogP contribution in [0.4, 0.5) is 0 Å². The Kier molecular flexibility index (Phi) is 4.24. The van der Waals surface area contributed by atoms with E-state index in [1.165, 1.54) is 32.1 Å². The van der Waals surface area contributed by atoms with Gasteiger partial charge in [0, 0.05) is 6.04 Å². The standard InChI is InChI=1S/C11H20N2/c1-3-13(10(2)9-12)11-7-5-4-6-8-11/h10-11H,3-8H2,1-2H3. The summed E-state index contributed by atoms with van der Waals surface area (Å²) in [5, 5.41) is 8.88. The average Bonchev–Trinajstić information content (AvgIpc) is 2.20. The Morgan fingerprint density at radius 3 is 2.46 bits per heavy atom. The lowest BCUT2D eigenvalue weighted by Gasteiger charge is -2.35. The minimum absolute atomic E-state index is 0.0908. The second kappa shape index (κ2) is 5.24. The van der Waals surface area contributed by atoms with E-state index in [1.807, 2.05) is 6.92 Å². The number of nitrogens with zero attached hydrogens (tertiary/aromatic N) is 2. The van der Waals surface area contributed by atoms with Crippen molar-refractivity contribution in [2.24, 2.45) is 0 Å². The van der Waals surface area contributed by atoms with Crippen molar-refractivity contribution in [1.29, 1.82) is 5.26 Å². The summed E-state index contributed by atoms with van der Waals surface area (Å²) in [4.78, 5) is 2.35. The van der Waals surface area contributed by atoms with E-state index in [0.717, 1.165) is 6.54 Å². The zero-order chi connectivity index (χ0) is 9.68. The molecular weight excluding hydrogens is 160 g/mol. The first-order valence-corrected chi connectivity index (χ1v) is 5.45.